The minimum Gasteiger partial charge on any atom is -0.383 e. The van der Waals surface area contributed by atoms with E-state index in [-0.39, 0.29) is 11.5 Å². The molecule has 0 radical (unpaired) electrons. The van der Waals surface area contributed by atoms with Crippen LogP contribution in [0.4, 0.5) is 17.3 Å². The lowest BCUT2D eigenvalue weighted by atomic mass is 10.0. The molecule has 6 nitrogen and oxygen atoms in total. The van der Waals surface area contributed by atoms with Gasteiger partial charge in [0.1, 0.15) is 11.6 Å². The number of hydrogen-bond donors (Lipinski definition) is 2. The Balaban J connectivity index is 1.54. The summed E-state index contributed by atoms with van der Waals surface area (Å²) in [5.74, 6) is 4.00. The maximum absolute atomic E-state index is 10.8. The van der Waals surface area contributed by atoms with Gasteiger partial charge in [0, 0.05) is 6.04 Å². The lowest BCUT2D eigenvalue weighted by molar-refractivity contribution is -0.384. The monoisotopic (exact) mass is 260 g/mol. The molecule has 4 rings (SSSR count). The Bertz CT molecular complexity index is 546. The molecule has 1 aromatic heterocycles. The number of rotatable bonds is 3. The van der Waals surface area contributed by atoms with Gasteiger partial charge >= 0.3 is 0 Å². The Hall–Kier alpha value is -1.85. The van der Waals surface area contributed by atoms with Gasteiger partial charge < -0.3 is 11.1 Å². The highest BCUT2D eigenvalue weighted by atomic mass is 16.6. The molecule has 0 amide bonds. The van der Waals surface area contributed by atoms with Crippen molar-refractivity contribution in [1.82, 2.24) is 4.98 Å². The molecule has 0 aromatic carbocycles. The maximum atomic E-state index is 10.8. The summed E-state index contributed by atoms with van der Waals surface area (Å²) < 4.78 is 0. The topological polar surface area (TPSA) is 94.1 Å². The smallest absolute Gasteiger partial charge is 0.276 e. The van der Waals surface area contributed by atoms with Crippen LogP contribution in [0.3, 0.4) is 0 Å². The number of nitro groups is 1. The van der Waals surface area contributed by atoms with Gasteiger partial charge in [-0.1, -0.05) is 0 Å². The molecule has 3 aliphatic carbocycles. The second-order valence-corrected chi connectivity index (χ2v) is 6.05. The van der Waals surface area contributed by atoms with Gasteiger partial charge in [0.05, 0.1) is 17.1 Å². The predicted molar refractivity (Wildman–Crippen MR) is 70.5 cm³/mol. The summed E-state index contributed by atoms with van der Waals surface area (Å²) in [6, 6.07) is 3.23. The van der Waals surface area contributed by atoms with Crippen molar-refractivity contribution in [3.05, 3.63) is 22.2 Å². The van der Waals surface area contributed by atoms with Crippen molar-refractivity contribution in [2.45, 2.75) is 25.3 Å². The first-order valence-electron chi connectivity index (χ1n) is 6.82. The number of nitrogens with zero attached hydrogens (tertiary/aromatic N) is 2. The van der Waals surface area contributed by atoms with E-state index in [0.29, 0.717) is 11.9 Å². The van der Waals surface area contributed by atoms with Crippen molar-refractivity contribution in [2.24, 2.45) is 23.7 Å². The van der Waals surface area contributed by atoms with E-state index in [1.807, 2.05) is 0 Å². The first-order valence-corrected chi connectivity index (χ1v) is 6.82. The zero-order valence-corrected chi connectivity index (χ0v) is 10.5. The maximum Gasteiger partial charge on any atom is 0.276 e. The van der Waals surface area contributed by atoms with Gasteiger partial charge in [0.2, 0.25) is 0 Å². The number of nitrogens with two attached hydrogens (primary N) is 1. The standard InChI is InChI=1S/C13H16N4O2/c14-9-4-8(17(18)19)5-10(15-9)16-13-11-6-1-2-7(3-6)12(11)13/h4-7,11-13H,1-3H2,(H3,14,15,16). The molecule has 1 heterocycles. The molecule has 1 aromatic rings. The molecular weight excluding hydrogens is 244 g/mol. The SMILES string of the molecule is Nc1cc([N+](=O)[O-])cc(NC2C3C4CCC(C4)C23)n1. The number of hydrogen-bond acceptors (Lipinski definition) is 5. The van der Waals surface area contributed by atoms with Crippen molar-refractivity contribution in [2.75, 3.05) is 11.1 Å². The van der Waals surface area contributed by atoms with Crippen LogP contribution in [0.1, 0.15) is 19.3 Å². The predicted octanol–water partition coefficient (Wildman–Crippen LogP) is 2.03. The third-order valence-electron chi connectivity index (χ3n) is 5.09. The van der Waals surface area contributed by atoms with E-state index < -0.39 is 4.92 Å². The van der Waals surface area contributed by atoms with Crippen molar-refractivity contribution in [3.63, 3.8) is 0 Å². The van der Waals surface area contributed by atoms with Crippen molar-refractivity contribution >= 4 is 17.3 Å². The third kappa shape index (κ3) is 1.59. The van der Waals surface area contributed by atoms with E-state index in [0.717, 1.165) is 23.7 Å². The van der Waals surface area contributed by atoms with Crippen LogP contribution in [-0.2, 0) is 0 Å². The molecular formula is C13H16N4O2. The summed E-state index contributed by atoms with van der Waals surface area (Å²) in [5, 5.41) is 14.2. The molecule has 3 aliphatic rings. The number of nitrogens with one attached hydrogen (secondary N) is 1. The van der Waals surface area contributed by atoms with E-state index in [1.54, 1.807) is 0 Å². The highest BCUT2D eigenvalue weighted by Gasteiger charge is 2.65. The zero-order valence-electron chi connectivity index (χ0n) is 10.5. The Kier molecular flexibility index (Phi) is 2.08. The van der Waals surface area contributed by atoms with Crippen LogP contribution in [0.5, 0.6) is 0 Å². The first-order chi connectivity index (χ1) is 9.13. The van der Waals surface area contributed by atoms with Crippen LogP contribution in [0.15, 0.2) is 12.1 Å². The quantitative estimate of drug-likeness (QED) is 0.640. The average molecular weight is 260 g/mol. The minimum atomic E-state index is -0.430. The second kappa shape index (κ2) is 3.59. The van der Waals surface area contributed by atoms with E-state index in [9.17, 15) is 10.1 Å². The lowest BCUT2D eigenvalue weighted by Gasteiger charge is -2.11. The van der Waals surface area contributed by atoms with Crippen molar-refractivity contribution < 1.29 is 4.92 Å². The van der Waals surface area contributed by atoms with Crippen LogP contribution < -0.4 is 11.1 Å². The van der Waals surface area contributed by atoms with Crippen molar-refractivity contribution in [1.29, 1.82) is 0 Å². The highest BCUT2D eigenvalue weighted by Crippen LogP contribution is 2.66. The Labute approximate surface area is 110 Å². The Morgan fingerprint density at radius 1 is 1.32 bits per heavy atom. The number of nitrogen functional groups attached to an aromatic ring is 1. The van der Waals surface area contributed by atoms with Crippen molar-refractivity contribution in [3.8, 4) is 0 Å². The summed E-state index contributed by atoms with van der Waals surface area (Å²) in [7, 11) is 0. The lowest BCUT2D eigenvalue weighted by Crippen LogP contribution is -2.14. The molecule has 100 valence electrons. The second-order valence-electron chi connectivity index (χ2n) is 6.05. The van der Waals surface area contributed by atoms with Gasteiger partial charge in [-0.2, -0.15) is 0 Å². The molecule has 3 fully saturated rings. The molecule has 3 N–H and O–H groups in total. The summed E-state index contributed by atoms with van der Waals surface area (Å²) in [5.41, 5.74) is 5.62. The summed E-state index contributed by atoms with van der Waals surface area (Å²) in [6.45, 7) is 0. The molecule has 4 unspecified atom stereocenters. The van der Waals surface area contributed by atoms with E-state index in [1.165, 1.54) is 31.4 Å². The third-order valence-corrected chi connectivity index (χ3v) is 5.09. The molecule has 0 spiro atoms. The van der Waals surface area contributed by atoms with Gasteiger partial charge in [0.25, 0.3) is 5.69 Å². The van der Waals surface area contributed by atoms with Gasteiger partial charge in [-0.05, 0) is 42.9 Å². The zero-order chi connectivity index (χ0) is 13.1. The van der Waals surface area contributed by atoms with Gasteiger partial charge in [-0.3, -0.25) is 10.1 Å². The van der Waals surface area contributed by atoms with Gasteiger partial charge in [-0.15, -0.1) is 0 Å². The van der Waals surface area contributed by atoms with E-state index in [2.05, 4.69) is 10.3 Å². The van der Waals surface area contributed by atoms with Crippen LogP contribution >= 0.6 is 0 Å². The minimum absolute atomic E-state index is 0.00350. The van der Waals surface area contributed by atoms with Gasteiger partial charge in [0.15, 0.2) is 0 Å². The Morgan fingerprint density at radius 2 is 2.00 bits per heavy atom. The summed E-state index contributed by atoms with van der Waals surface area (Å²) in [6.07, 6.45) is 4.10. The number of pyridine rings is 1. The molecule has 6 heteroatoms. The molecule has 3 saturated carbocycles. The average Bonchev–Trinajstić information content (AvgIpc) is 2.77. The van der Waals surface area contributed by atoms with Gasteiger partial charge in [-0.25, -0.2) is 4.98 Å². The molecule has 4 atom stereocenters. The van der Waals surface area contributed by atoms with E-state index in [4.69, 9.17) is 5.73 Å². The molecule has 19 heavy (non-hydrogen) atoms. The largest absolute Gasteiger partial charge is 0.383 e. The first kappa shape index (κ1) is 11.0. The fourth-order valence-electron chi connectivity index (χ4n) is 4.41. The van der Waals surface area contributed by atoms with E-state index >= 15 is 0 Å². The molecule has 2 bridgehead atoms. The molecule has 0 saturated heterocycles. The highest BCUT2D eigenvalue weighted by molar-refractivity contribution is 5.54. The van der Waals surface area contributed by atoms with Crippen LogP contribution in [0.2, 0.25) is 0 Å². The van der Waals surface area contributed by atoms with Crippen LogP contribution in [0.25, 0.3) is 0 Å². The fraction of sp³-hybridized carbons (Fsp3) is 0.615. The Morgan fingerprint density at radius 3 is 2.63 bits per heavy atom. The number of aromatic nitrogens is 1. The number of fused-ring (bicyclic) bond motifs is 5. The summed E-state index contributed by atoms with van der Waals surface area (Å²) >= 11 is 0. The molecule has 0 aliphatic heterocycles. The van der Waals surface area contributed by atoms with Crippen LogP contribution in [0, 0.1) is 33.8 Å². The van der Waals surface area contributed by atoms with Crippen LogP contribution in [-0.4, -0.2) is 15.9 Å². The normalized spacial score (nSPS) is 38.0. The fourth-order valence-corrected chi connectivity index (χ4v) is 4.41. The summed E-state index contributed by atoms with van der Waals surface area (Å²) in [4.78, 5) is 14.5. The number of anilines is 2.